The third-order valence-electron chi connectivity index (χ3n) is 2.92. The van der Waals surface area contributed by atoms with Crippen LogP contribution in [-0.2, 0) is 4.79 Å². The van der Waals surface area contributed by atoms with Crippen molar-refractivity contribution in [2.75, 3.05) is 24.5 Å². The summed E-state index contributed by atoms with van der Waals surface area (Å²) in [6.07, 6.45) is 0. The van der Waals surface area contributed by atoms with Gasteiger partial charge in [0.15, 0.2) is 0 Å². The number of benzene rings is 1. The number of hydrogen-bond donors (Lipinski definition) is 2. The van der Waals surface area contributed by atoms with Gasteiger partial charge in [-0.3, -0.25) is 4.79 Å². The molecule has 0 spiro atoms. The average Bonchev–Trinajstić information content (AvgIpc) is 2.28. The van der Waals surface area contributed by atoms with Crippen LogP contribution in [0.25, 0.3) is 0 Å². The van der Waals surface area contributed by atoms with Crippen molar-refractivity contribution < 1.29 is 4.79 Å². The van der Waals surface area contributed by atoms with Crippen molar-refractivity contribution in [3.05, 3.63) is 28.8 Å². The number of carbonyl (C=O) groups is 1. The van der Waals surface area contributed by atoms with Gasteiger partial charge in [0.2, 0.25) is 5.91 Å². The van der Waals surface area contributed by atoms with Crippen molar-refractivity contribution in [3.63, 3.8) is 0 Å². The number of carbonyl (C=O) groups excluding carboxylic acids is 1. The molecule has 1 fully saturated rings. The van der Waals surface area contributed by atoms with Crippen LogP contribution in [0.2, 0.25) is 5.02 Å². The van der Waals surface area contributed by atoms with Crippen molar-refractivity contribution in [2.24, 2.45) is 5.73 Å². The molecule has 0 bridgehead atoms. The fraction of sp³-hybridized carbons (Fsp3) is 0.417. The number of halogens is 1. The van der Waals surface area contributed by atoms with Gasteiger partial charge in [-0.2, -0.15) is 0 Å². The highest BCUT2D eigenvalue weighted by atomic mass is 35.5. The second kappa shape index (κ2) is 4.94. The first-order valence-electron chi connectivity index (χ1n) is 5.60. The first-order chi connectivity index (χ1) is 8.10. The molecule has 17 heavy (non-hydrogen) atoms. The van der Waals surface area contributed by atoms with Crippen molar-refractivity contribution in [2.45, 2.75) is 13.0 Å². The van der Waals surface area contributed by atoms with E-state index in [2.05, 4.69) is 5.32 Å². The van der Waals surface area contributed by atoms with Crippen LogP contribution < -0.4 is 16.0 Å². The summed E-state index contributed by atoms with van der Waals surface area (Å²) in [6.45, 7) is 3.56. The highest BCUT2D eigenvalue weighted by Crippen LogP contribution is 2.24. The minimum atomic E-state index is 0.0149. The molecule has 4 nitrogen and oxygen atoms in total. The molecule has 0 saturated carbocycles. The lowest BCUT2D eigenvalue weighted by molar-refractivity contribution is -0.121. The molecule has 2 rings (SSSR count). The molecule has 92 valence electrons. The molecule has 1 atom stereocenters. The maximum Gasteiger partial charge on any atom is 0.239 e. The SMILES string of the molecule is Cc1cc(Cl)ccc1N1CC(=O)NC(CN)C1. The van der Waals surface area contributed by atoms with E-state index in [1.165, 1.54) is 0 Å². The number of hydrogen-bond acceptors (Lipinski definition) is 3. The molecule has 0 aliphatic carbocycles. The van der Waals surface area contributed by atoms with Gasteiger partial charge in [0.05, 0.1) is 12.6 Å². The number of aryl methyl sites for hydroxylation is 1. The fourth-order valence-electron chi connectivity index (χ4n) is 2.11. The van der Waals surface area contributed by atoms with Crippen LogP contribution in [0.4, 0.5) is 5.69 Å². The Hall–Kier alpha value is -1.26. The normalized spacial score (nSPS) is 20.3. The lowest BCUT2D eigenvalue weighted by Crippen LogP contribution is -2.57. The van der Waals surface area contributed by atoms with Gasteiger partial charge in [0.1, 0.15) is 0 Å². The van der Waals surface area contributed by atoms with Crippen LogP contribution in [0.5, 0.6) is 0 Å². The van der Waals surface area contributed by atoms with Gasteiger partial charge in [0, 0.05) is 23.8 Å². The Kier molecular flexibility index (Phi) is 3.54. The van der Waals surface area contributed by atoms with E-state index >= 15 is 0 Å². The Balaban J connectivity index is 2.23. The first-order valence-corrected chi connectivity index (χ1v) is 5.98. The predicted octanol–water partition coefficient (Wildman–Crippen LogP) is 0.912. The molecule has 3 N–H and O–H groups in total. The average molecular weight is 254 g/mol. The Morgan fingerprint density at radius 1 is 1.59 bits per heavy atom. The maximum atomic E-state index is 11.6. The second-order valence-corrected chi connectivity index (χ2v) is 4.75. The van der Waals surface area contributed by atoms with E-state index in [0.29, 0.717) is 18.1 Å². The molecule has 1 aromatic carbocycles. The van der Waals surface area contributed by atoms with Gasteiger partial charge in [0.25, 0.3) is 0 Å². The van der Waals surface area contributed by atoms with Gasteiger partial charge < -0.3 is 16.0 Å². The van der Waals surface area contributed by atoms with E-state index in [4.69, 9.17) is 17.3 Å². The molecule has 1 aliphatic heterocycles. The number of rotatable bonds is 2. The molecule has 0 aromatic heterocycles. The summed E-state index contributed by atoms with van der Waals surface area (Å²) in [5, 5.41) is 3.58. The third-order valence-corrected chi connectivity index (χ3v) is 3.16. The zero-order chi connectivity index (χ0) is 12.4. The first kappa shape index (κ1) is 12.2. The van der Waals surface area contributed by atoms with E-state index in [1.54, 1.807) is 0 Å². The van der Waals surface area contributed by atoms with Gasteiger partial charge >= 0.3 is 0 Å². The van der Waals surface area contributed by atoms with Crippen LogP contribution in [0.15, 0.2) is 18.2 Å². The maximum absolute atomic E-state index is 11.6. The third kappa shape index (κ3) is 2.70. The largest absolute Gasteiger partial charge is 0.360 e. The zero-order valence-electron chi connectivity index (χ0n) is 9.74. The van der Waals surface area contributed by atoms with Crippen LogP contribution in [0.3, 0.4) is 0 Å². The summed E-state index contributed by atoms with van der Waals surface area (Å²) in [7, 11) is 0. The summed E-state index contributed by atoms with van der Waals surface area (Å²) < 4.78 is 0. The molecule has 1 saturated heterocycles. The lowest BCUT2D eigenvalue weighted by Gasteiger charge is -2.34. The minimum absolute atomic E-state index is 0.0149. The summed E-state index contributed by atoms with van der Waals surface area (Å²) >= 11 is 5.92. The van der Waals surface area contributed by atoms with E-state index in [-0.39, 0.29) is 11.9 Å². The minimum Gasteiger partial charge on any atom is -0.360 e. The molecular weight excluding hydrogens is 238 g/mol. The topological polar surface area (TPSA) is 58.4 Å². The predicted molar refractivity (Wildman–Crippen MR) is 69.4 cm³/mol. The number of nitrogens with one attached hydrogen (secondary N) is 1. The summed E-state index contributed by atoms with van der Waals surface area (Å²) in [6, 6.07) is 5.71. The Labute approximate surface area is 106 Å². The fourth-order valence-corrected chi connectivity index (χ4v) is 2.34. The summed E-state index contributed by atoms with van der Waals surface area (Å²) in [5.74, 6) is 0.0149. The van der Waals surface area contributed by atoms with Crippen molar-refractivity contribution in [1.29, 1.82) is 0 Å². The molecule has 1 aliphatic rings. The van der Waals surface area contributed by atoms with Gasteiger partial charge in [-0.25, -0.2) is 0 Å². The van der Waals surface area contributed by atoms with E-state index in [9.17, 15) is 4.79 Å². The molecule has 1 heterocycles. The molecular formula is C12H16ClN3O. The highest BCUT2D eigenvalue weighted by molar-refractivity contribution is 6.30. The standard InChI is InChI=1S/C12H16ClN3O/c1-8-4-9(13)2-3-11(8)16-6-10(5-14)15-12(17)7-16/h2-4,10H,5-7,14H2,1H3,(H,15,17). The Morgan fingerprint density at radius 2 is 2.35 bits per heavy atom. The smallest absolute Gasteiger partial charge is 0.239 e. The second-order valence-electron chi connectivity index (χ2n) is 4.31. The van der Waals surface area contributed by atoms with Gasteiger partial charge in [-0.05, 0) is 30.7 Å². The number of amides is 1. The van der Waals surface area contributed by atoms with E-state index < -0.39 is 0 Å². The van der Waals surface area contributed by atoms with Gasteiger partial charge in [-0.15, -0.1) is 0 Å². The van der Waals surface area contributed by atoms with Crippen LogP contribution in [-0.4, -0.2) is 31.6 Å². The zero-order valence-corrected chi connectivity index (χ0v) is 10.5. The van der Waals surface area contributed by atoms with Crippen LogP contribution >= 0.6 is 11.6 Å². The number of nitrogens with zero attached hydrogens (tertiary/aromatic N) is 1. The van der Waals surface area contributed by atoms with Crippen LogP contribution in [0.1, 0.15) is 5.56 Å². The van der Waals surface area contributed by atoms with Crippen LogP contribution in [0, 0.1) is 6.92 Å². The Morgan fingerprint density at radius 3 is 3.00 bits per heavy atom. The monoisotopic (exact) mass is 253 g/mol. The van der Waals surface area contributed by atoms with E-state index in [1.807, 2.05) is 30.0 Å². The van der Waals surface area contributed by atoms with Crippen molar-refractivity contribution in [3.8, 4) is 0 Å². The lowest BCUT2D eigenvalue weighted by atomic mass is 10.1. The molecule has 1 unspecified atom stereocenters. The molecule has 1 aromatic rings. The molecule has 1 amide bonds. The van der Waals surface area contributed by atoms with E-state index in [0.717, 1.165) is 17.8 Å². The number of piperazine rings is 1. The van der Waals surface area contributed by atoms with Crippen molar-refractivity contribution >= 4 is 23.2 Å². The van der Waals surface area contributed by atoms with Gasteiger partial charge in [-0.1, -0.05) is 11.6 Å². The highest BCUT2D eigenvalue weighted by Gasteiger charge is 2.24. The number of nitrogens with two attached hydrogens (primary N) is 1. The summed E-state index contributed by atoms with van der Waals surface area (Å²) in [4.78, 5) is 13.6. The number of anilines is 1. The molecule has 5 heteroatoms. The molecule has 0 radical (unpaired) electrons. The summed E-state index contributed by atoms with van der Waals surface area (Å²) in [5.41, 5.74) is 7.72. The Bertz CT molecular complexity index is 436. The quantitative estimate of drug-likeness (QED) is 0.824. The van der Waals surface area contributed by atoms with Crippen molar-refractivity contribution in [1.82, 2.24) is 5.32 Å².